The van der Waals surface area contributed by atoms with Gasteiger partial charge in [0.2, 0.25) is 5.91 Å². The molecule has 1 unspecified atom stereocenters. The minimum atomic E-state index is -0.0437. The third-order valence-electron chi connectivity index (χ3n) is 4.18. The highest BCUT2D eigenvalue weighted by Crippen LogP contribution is 2.19. The van der Waals surface area contributed by atoms with Gasteiger partial charge in [-0.25, -0.2) is 4.68 Å². The van der Waals surface area contributed by atoms with E-state index in [2.05, 4.69) is 37.9 Å². The van der Waals surface area contributed by atoms with Crippen LogP contribution in [0.3, 0.4) is 0 Å². The lowest BCUT2D eigenvalue weighted by molar-refractivity contribution is -0.127. The van der Waals surface area contributed by atoms with Gasteiger partial charge in [-0.05, 0) is 35.4 Å². The molecule has 1 aromatic carbocycles. The van der Waals surface area contributed by atoms with Crippen molar-refractivity contribution in [3.8, 4) is 0 Å². The average Bonchev–Trinajstić information content (AvgIpc) is 3.09. The summed E-state index contributed by atoms with van der Waals surface area (Å²) >= 11 is 0. The fourth-order valence-corrected chi connectivity index (χ4v) is 2.99. The first-order chi connectivity index (χ1) is 11.3. The number of amides is 1. The van der Waals surface area contributed by atoms with Crippen molar-refractivity contribution in [3.63, 3.8) is 0 Å². The van der Waals surface area contributed by atoms with E-state index in [0.29, 0.717) is 13.1 Å². The molecular formula is C16H22N6O. The second-order valence-corrected chi connectivity index (χ2v) is 5.83. The summed E-state index contributed by atoms with van der Waals surface area (Å²) in [6, 6.07) is 10.3. The summed E-state index contributed by atoms with van der Waals surface area (Å²) in [5.41, 5.74) is 1.25. The standard InChI is InChI=1S/C16H22N6O/c23-16(17-9-11-22-13-18-19-20-22)15-8-4-5-10-21(15)12-14-6-2-1-3-7-14/h1-3,6-7,13,15H,4-5,8-12H2,(H,17,23). The Morgan fingerprint density at radius 3 is 2.91 bits per heavy atom. The van der Waals surface area contributed by atoms with Crippen molar-refractivity contribution < 1.29 is 4.79 Å². The lowest BCUT2D eigenvalue weighted by atomic mass is 10.0. The van der Waals surface area contributed by atoms with E-state index in [0.717, 1.165) is 32.4 Å². The van der Waals surface area contributed by atoms with Crippen molar-refractivity contribution >= 4 is 5.91 Å². The van der Waals surface area contributed by atoms with Crippen LogP contribution in [0.1, 0.15) is 24.8 Å². The fraction of sp³-hybridized carbons (Fsp3) is 0.500. The number of nitrogens with zero attached hydrogens (tertiary/aromatic N) is 5. The number of hydrogen-bond acceptors (Lipinski definition) is 5. The van der Waals surface area contributed by atoms with Gasteiger partial charge in [-0.3, -0.25) is 9.69 Å². The van der Waals surface area contributed by atoms with E-state index in [1.807, 2.05) is 18.2 Å². The third kappa shape index (κ3) is 4.35. The van der Waals surface area contributed by atoms with E-state index in [-0.39, 0.29) is 11.9 Å². The van der Waals surface area contributed by atoms with Crippen LogP contribution >= 0.6 is 0 Å². The SMILES string of the molecule is O=C(NCCn1cnnn1)C1CCCCN1Cc1ccccc1. The van der Waals surface area contributed by atoms with Crippen LogP contribution in [0.2, 0.25) is 0 Å². The van der Waals surface area contributed by atoms with Crippen molar-refractivity contribution in [2.75, 3.05) is 13.1 Å². The molecule has 0 bridgehead atoms. The number of carbonyl (C=O) groups excluding carboxylic acids is 1. The largest absolute Gasteiger partial charge is 0.353 e. The normalized spacial score (nSPS) is 18.7. The number of aromatic nitrogens is 4. The van der Waals surface area contributed by atoms with Gasteiger partial charge in [-0.15, -0.1) is 5.10 Å². The van der Waals surface area contributed by atoms with Gasteiger partial charge in [0, 0.05) is 13.1 Å². The monoisotopic (exact) mass is 314 g/mol. The molecule has 1 aliphatic heterocycles. The minimum Gasteiger partial charge on any atom is -0.353 e. The Labute approximate surface area is 135 Å². The molecule has 0 spiro atoms. The summed E-state index contributed by atoms with van der Waals surface area (Å²) in [6.07, 6.45) is 4.73. The Kier molecular flexibility index (Phi) is 5.31. The van der Waals surface area contributed by atoms with Crippen LogP contribution in [-0.2, 0) is 17.9 Å². The van der Waals surface area contributed by atoms with Gasteiger partial charge in [0.05, 0.1) is 12.6 Å². The fourth-order valence-electron chi connectivity index (χ4n) is 2.99. The van der Waals surface area contributed by atoms with E-state index in [1.54, 1.807) is 11.0 Å². The first-order valence-electron chi connectivity index (χ1n) is 8.09. The van der Waals surface area contributed by atoms with Gasteiger partial charge in [0.1, 0.15) is 6.33 Å². The summed E-state index contributed by atoms with van der Waals surface area (Å²) in [5.74, 6) is 0.105. The Bertz CT molecular complexity index is 600. The van der Waals surface area contributed by atoms with Crippen molar-refractivity contribution in [1.29, 1.82) is 0 Å². The van der Waals surface area contributed by atoms with Gasteiger partial charge in [-0.2, -0.15) is 0 Å². The van der Waals surface area contributed by atoms with Crippen LogP contribution in [0, 0.1) is 0 Å². The number of tetrazole rings is 1. The molecule has 1 aromatic heterocycles. The molecule has 2 heterocycles. The quantitative estimate of drug-likeness (QED) is 0.855. The summed E-state index contributed by atoms with van der Waals surface area (Å²) < 4.78 is 1.61. The highest BCUT2D eigenvalue weighted by molar-refractivity contribution is 5.81. The zero-order valence-electron chi connectivity index (χ0n) is 13.1. The molecule has 0 radical (unpaired) electrons. The van der Waals surface area contributed by atoms with E-state index < -0.39 is 0 Å². The molecule has 0 aliphatic carbocycles. The number of piperidine rings is 1. The van der Waals surface area contributed by atoms with Crippen molar-refractivity contribution in [1.82, 2.24) is 30.4 Å². The summed E-state index contributed by atoms with van der Waals surface area (Å²) in [5, 5.41) is 14.0. The van der Waals surface area contributed by atoms with Crippen LogP contribution in [0.4, 0.5) is 0 Å². The molecule has 1 saturated heterocycles. The van der Waals surface area contributed by atoms with Crippen molar-refractivity contribution in [2.45, 2.75) is 38.4 Å². The molecule has 0 saturated carbocycles. The minimum absolute atomic E-state index is 0.0437. The van der Waals surface area contributed by atoms with Crippen LogP contribution in [0.25, 0.3) is 0 Å². The molecule has 122 valence electrons. The zero-order chi connectivity index (χ0) is 15.9. The molecule has 23 heavy (non-hydrogen) atoms. The van der Waals surface area contributed by atoms with Gasteiger partial charge in [-0.1, -0.05) is 36.8 Å². The van der Waals surface area contributed by atoms with E-state index in [9.17, 15) is 4.79 Å². The maximum Gasteiger partial charge on any atom is 0.237 e. The summed E-state index contributed by atoms with van der Waals surface area (Å²) in [4.78, 5) is 14.8. The maximum absolute atomic E-state index is 12.5. The molecule has 1 atom stereocenters. The van der Waals surface area contributed by atoms with Crippen molar-refractivity contribution in [3.05, 3.63) is 42.2 Å². The molecule has 1 aliphatic rings. The van der Waals surface area contributed by atoms with Gasteiger partial charge in [0.25, 0.3) is 0 Å². The lowest BCUT2D eigenvalue weighted by Gasteiger charge is -2.34. The maximum atomic E-state index is 12.5. The Morgan fingerprint density at radius 1 is 1.26 bits per heavy atom. The molecule has 1 fully saturated rings. The third-order valence-corrected chi connectivity index (χ3v) is 4.18. The lowest BCUT2D eigenvalue weighted by Crippen LogP contribution is -2.49. The highest BCUT2D eigenvalue weighted by atomic mass is 16.2. The van der Waals surface area contributed by atoms with Crippen molar-refractivity contribution in [2.24, 2.45) is 0 Å². The van der Waals surface area contributed by atoms with E-state index in [1.165, 1.54) is 5.56 Å². The Hall–Kier alpha value is -2.28. The van der Waals surface area contributed by atoms with Gasteiger partial charge in [0.15, 0.2) is 0 Å². The average molecular weight is 314 g/mol. The second kappa shape index (κ2) is 7.82. The first-order valence-corrected chi connectivity index (χ1v) is 8.09. The first kappa shape index (κ1) is 15.6. The molecule has 2 aromatic rings. The van der Waals surface area contributed by atoms with E-state index >= 15 is 0 Å². The summed E-state index contributed by atoms with van der Waals surface area (Å²) in [6.45, 7) is 2.93. The van der Waals surface area contributed by atoms with Gasteiger partial charge < -0.3 is 5.32 Å². The predicted octanol–water partition coefficient (Wildman–Crippen LogP) is 0.844. The number of carbonyl (C=O) groups is 1. The Morgan fingerprint density at radius 2 is 2.13 bits per heavy atom. The van der Waals surface area contributed by atoms with Crippen LogP contribution in [0.15, 0.2) is 36.7 Å². The van der Waals surface area contributed by atoms with Crippen LogP contribution in [-0.4, -0.2) is 50.1 Å². The summed E-state index contributed by atoms with van der Waals surface area (Å²) in [7, 11) is 0. The Balaban J connectivity index is 1.53. The molecule has 7 heteroatoms. The van der Waals surface area contributed by atoms with Crippen LogP contribution < -0.4 is 5.32 Å². The molecular weight excluding hydrogens is 292 g/mol. The van der Waals surface area contributed by atoms with Crippen LogP contribution in [0.5, 0.6) is 0 Å². The predicted molar refractivity (Wildman–Crippen MR) is 85.3 cm³/mol. The molecule has 1 amide bonds. The number of likely N-dealkylation sites (tertiary alicyclic amines) is 1. The zero-order valence-corrected chi connectivity index (χ0v) is 13.1. The number of rotatable bonds is 6. The number of benzene rings is 1. The smallest absolute Gasteiger partial charge is 0.237 e. The van der Waals surface area contributed by atoms with Gasteiger partial charge >= 0.3 is 0 Å². The molecule has 1 N–H and O–H groups in total. The second-order valence-electron chi connectivity index (χ2n) is 5.83. The molecule has 3 rings (SSSR count). The topological polar surface area (TPSA) is 75.9 Å². The molecule has 7 nitrogen and oxygen atoms in total. The number of hydrogen-bond donors (Lipinski definition) is 1. The highest BCUT2D eigenvalue weighted by Gasteiger charge is 2.28. The van der Waals surface area contributed by atoms with E-state index in [4.69, 9.17) is 0 Å². The number of nitrogens with one attached hydrogen (secondary N) is 1.